The lowest BCUT2D eigenvalue weighted by atomic mass is 10.1. The maximum Gasteiger partial charge on any atom is 0.328 e. The summed E-state index contributed by atoms with van der Waals surface area (Å²) >= 11 is 4.50. The lowest BCUT2D eigenvalue weighted by Crippen LogP contribution is -2.45. The van der Waals surface area contributed by atoms with Crippen LogP contribution in [0.4, 0.5) is 11.8 Å². The summed E-state index contributed by atoms with van der Waals surface area (Å²) in [5.41, 5.74) is 1.02. The number of aryl methyl sites for hydroxylation is 1. The second-order valence-electron chi connectivity index (χ2n) is 8.74. The van der Waals surface area contributed by atoms with Crippen molar-refractivity contribution in [3.05, 3.63) is 30.0 Å². The normalized spacial score (nSPS) is 18.9. The minimum absolute atomic E-state index is 0.0399. The number of anilines is 2. The molecular formula is C24H33N5O9S. The van der Waals surface area contributed by atoms with Crippen LogP contribution >= 0.6 is 12.6 Å². The van der Waals surface area contributed by atoms with Gasteiger partial charge in [-0.15, -0.1) is 12.6 Å². The summed E-state index contributed by atoms with van der Waals surface area (Å²) < 4.78 is 6.01. The van der Waals surface area contributed by atoms with Crippen LogP contribution in [0.3, 0.4) is 0 Å². The molecular weight excluding hydrogens is 534 g/mol. The zero-order valence-electron chi connectivity index (χ0n) is 21.5. The number of thiol groups is 1. The van der Waals surface area contributed by atoms with E-state index >= 15 is 0 Å². The lowest BCUT2D eigenvalue weighted by molar-refractivity contribution is -0.134. The topological polar surface area (TPSA) is 194 Å². The average molecular weight is 568 g/mol. The average Bonchev–Trinajstić information content (AvgIpc) is 3.42. The zero-order chi connectivity index (χ0) is 28.9. The third kappa shape index (κ3) is 11.2. The number of hydrogen-bond donors (Lipinski definition) is 5. The smallest absolute Gasteiger partial charge is 0.328 e. The molecule has 0 bridgehead atoms. The highest BCUT2D eigenvalue weighted by Crippen LogP contribution is 2.38. The molecule has 1 aromatic heterocycles. The van der Waals surface area contributed by atoms with Crippen molar-refractivity contribution in [2.45, 2.75) is 31.1 Å². The highest BCUT2D eigenvalue weighted by atomic mass is 32.1. The monoisotopic (exact) mass is 567 g/mol. The summed E-state index contributed by atoms with van der Waals surface area (Å²) in [4.78, 5) is 55.0. The number of likely N-dealkylation sites (N-methyl/N-ethyl adjacent to an activating group) is 1. The number of fused-ring (bicyclic) bond motifs is 1. The fraction of sp³-hybridized carbons (Fsp3) is 0.500. The van der Waals surface area contributed by atoms with Crippen LogP contribution in [0.2, 0.25) is 0 Å². The van der Waals surface area contributed by atoms with Crippen LogP contribution in [0.5, 0.6) is 5.75 Å². The number of aromatic nitrogens is 2. The van der Waals surface area contributed by atoms with E-state index < -0.39 is 23.9 Å². The minimum Gasteiger partial charge on any atom is -0.478 e. The van der Waals surface area contributed by atoms with Crippen molar-refractivity contribution < 1.29 is 44.3 Å². The van der Waals surface area contributed by atoms with E-state index in [1.165, 1.54) is 12.8 Å². The van der Waals surface area contributed by atoms with E-state index in [4.69, 9.17) is 35.1 Å². The van der Waals surface area contributed by atoms with Crippen molar-refractivity contribution in [1.29, 1.82) is 0 Å². The molecule has 39 heavy (non-hydrogen) atoms. The van der Waals surface area contributed by atoms with Gasteiger partial charge in [0, 0.05) is 63.6 Å². The quantitative estimate of drug-likeness (QED) is 0.240. The number of piperazine rings is 1. The van der Waals surface area contributed by atoms with E-state index in [1.54, 1.807) is 0 Å². The number of hydrogen-bond acceptors (Lipinski definition) is 11. The molecule has 15 heteroatoms. The van der Waals surface area contributed by atoms with E-state index in [0.29, 0.717) is 24.3 Å². The molecule has 0 amide bonds. The zero-order valence-corrected chi connectivity index (χ0v) is 22.4. The molecule has 3 aliphatic rings. The number of carbonyl (C=O) groups is 4. The van der Waals surface area contributed by atoms with E-state index in [1.807, 2.05) is 0 Å². The first-order valence-electron chi connectivity index (χ1n) is 12.2. The predicted octanol–water partition coefficient (Wildman–Crippen LogP) is 0.833. The van der Waals surface area contributed by atoms with Crippen molar-refractivity contribution in [2.24, 2.45) is 0 Å². The first-order chi connectivity index (χ1) is 18.5. The largest absolute Gasteiger partial charge is 0.478 e. The van der Waals surface area contributed by atoms with E-state index in [2.05, 4.69) is 34.4 Å². The van der Waals surface area contributed by atoms with Gasteiger partial charge in [-0.05, 0) is 32.7 Å². The van der Waals surface area contributed by atoms with Crippen LogP contribution in [-0.4, -0.2) is 111 Å². The molecule has 1 atom stereocenters. The second kappa shape index (κ2) is 15.5. The van der Waals surface area contributed by atoms with Gasteiger partial charge in [-0.25, -0.2) is 24.2 Å². The minimum atomic E-state index is -1.26. The van der Waals surface area contributed by atoms with Crippen LogP contribution in [0.15, 0.2) is 24.3 Å². The second-order valence-corrected chi connectivity index (χ2v) is 9.31. The Balaban J connectivity index is 0.000000277. The Bertz CT molecular complexity index is 1020. The summed E-state index contributed by atoms with van der Waals surface area (Å²) in [6.07, 6.45) is 6.53. The number of nitrogens with zero attached hydrogens (tertiary/aromatic N) is 5. The molecule has 0 radical (unpaired) electrons. The molecule has 3 aliphatic heterocycles. The Labute approximate surface area is 230 Å². The number of rotatable bonds is 6. The molecule has 0 spiro atoms. The maximum absolute atomic E-state index is 9.55. The van der Waals surface area contributed by atoms with Gasteiger partial charge in [0.1, 0.15) is 5.44 Å². The Hall–Kier alpha value is -3.85. The maximum atomic E-state index is 9.55. The van der Waals surface area contributed by atoms with Gasteiger partial charge in [0.05, 0.1) is 5.69 Å². The van der Waals surface area contributed by atoms with E-state index in [9.17, 15) is 19.2 Å². The molecule has 0 aromatic carbocycles. The third-order valence-corrected chi connectivity index (χ3v) is 6.08. The fourth-order valence-electron chi connectivity index (χ4n) is 3.79. The summed E-state index contributed by atoms with van der Waals surface area (Å²) in [6, 6.07) is 0. The fourth-order valence-corrected chi connectivity index (χ4v) is 4.03. The van der Waals surface area contributed by atoms with Crippen LogP contribution in [0.25, 0.3) is 0 Å². The SMILES string of the molecule is CN1CCN(c2nc3c(c(N4CCCC4)n2)OC(S)CC3)CC1.O=C(O)/C=C/C(=O)O.O=C(O)/C=C/C(=O)O. The molecule has 1 aromatic rings. The van der Waals surface area contributed by atoms with Crippen molar-refractivity contribution in [1.82, 2.24) is 14.9 Å². The van der Waals surface area contributed by atoms with Gasteiger partial charge in [0.15, 0.2) is 11.6 Å². The summed E-state index contributed by atoms with van der Waals surface area (Å²) in [5, 5.41) is 31.2. The summed E-state index contributed by atoms with van der Waals surface area (Å²) in [5.74, 6) is -2.30. The van der Waals surface area contributed by atoms with Gasteiger partial charge >= 0.3 is 23.9 Å². The van der Waals surface area contributed by atoms with Crippen LogP contribution in [-0.2, 0) is 25.6 Å². The third-order valence-electron chi connectivity index (χ3n) is 5.72. The Morgan fingerprint density at radius 1 is 0.795 bits per heavy atom. The Morgan fingerprint density at radius 3 is 1.74 bits per heavy atom. The molecule has 2 saturated heterocycles. The lowest BCUT2D eigenvalue weighted by Gasteiger charge is -2.34. The van der Waals surface area contributed by atoms with Gasteiger partial charge in [-0.3, -0.25) is 0 Å². The molecule has 4 N–H and O–H groups in total. The van der Waals surface area contributed by atoms with Crippen LogP contribution < -0.4 is 14.5 Å². The van der Waals surface area contributed by atoms with Crippen molar-refractivity contribution in [3.63, 3.8) is 0 Å². The van der Waals surface area contributed by atoms with Gasteiger partial charge in [-0.2, -0.15) is 4.98 Å². The van der Waals surface area contributed by atoms with E-state index in [-0.39, 0.29) is 5.44 Å². The van der Waals surface area contributed by atoms with Crippen LogP contribution in [0.1, 0.15) is 25.0 Å². The van der Waals surface area contributed by atoms with Crippen molar-refractivity contribution in [3.8, 4) is 5.75 Å². The first kappa shape index (κ1) is 31.4. The van der Waals surface area contributed by atoms with Gasteiger partial charge < -0.3 is 39.9 Å². The van der Waals surface area contributed by atoms with Gasteiger partial charge in [0.2, 0.25) is 5.95 Å². The number of carboxylic acid groups (broad SMARTS) is 4. The molecule has 1 unspecified atom stereocenters. The van der Waals surface area contributed by atoms with Crippen molar-refractivity contribution in [2.75, 3.05) is 56.1 Å². The van der Waals surface area contributed by atoms with Gasteiger partial charge in [-0.1, -0.05) is 0 Å². The highest BCUT2D eigenvalue weighted by Gasteiger charge is 2.29. The number of aliphatic carboxylic acids is 4. The molecule has 14 nitrogen and oxygen atoms in total. The summed E-state index contributed by atoms with van der Waals surface area (Å²) in [6.45, 7) is 6.23. The summed E-state index contributed by atoms with van der Waals surface area (Å²) in [7, 11) is 2.17. The Kier molecular flexibility index (Phi) is 12.5. The van der Waals surface area contributed by atoms with Crippen molar-refractivity contribution >= 4 is 48.3 Å². The number of ether oxygens (including phenoxy) is 1. The molecule has 214 valence electrons. The van der Waals surface area contributed by atoms with Gasteiger partial charge in [0.25, 0.3) is 0 Å². The molecule has 0 saturated carbocycles. The highest BCUT2D eigenvalue weighted by molar-refractivity contribution is 7.80. The first-order valence-corrected chi connectivity index (χ1v) is 12.7. The van der Waals surface area contributed by atoms with E-state index in [0.717, 1.165) is 75.3 Å². The molecule has 4 rings (SSSR count). The molecule has 4 heterocycles. The predicted molar refractivity (Wildman–Crippen MR) is 144 cm³/mol. The number of carboxylic acids is 4. The van der Waals surface area contributed by atoms with Crippen LogP contribution in [0, 0.1) is 0 Å². The Morgan fingerprint density at radius 2 is 1.28 bits per heavy atom. The standard InChI is InChI=1S/C16H25N5OS.2C4H4O4/c1-19-8-10-21(11-9-19)16-17-12-4-5-13(23)22-14(12)15(18-16)20-6-2-3-7-20;2*5-3(6)1-2-4(7)8/h13,23H,2-11H2,1H3;2*1-2H,(H,5,6)(H,7,8)/b;2*2-1+. The molecule has 2 fully saturated rings. The molecule has 0 aliphatic carbocycles.